The Balaban J connectivity index is 2.30. The predicted octanol–water partition coefficient (Wildman–Crippen LogP) is 3.66. The summed E-state index contributed by atoms with van der Waals surface area (Å²) < 4.78 is 16.3. The van der Waals surface area contributed by atoms with Gasteiger partial charge in [0.2, 0.25) is 0 Å². The van der Waals surface area contributed by atoms with Gasteiger partial charge in [0.05, 0.1) is 32.6 Å². The second kappa shape index (κ2) is 8.91. The Kier molecular flexibility index (Phi) is 6.31. The number of ether oxygens (including phenoxy) is 3. The first-order valence-electron chi connectivity index (χ1n) is 8.66. The van der Waals surface area contributed by atoms with E-state index in [9.17, 15) is 14.4 Å². The first-order valence-corrected chi connectivity index (χ1v) is 9.45. The van der Waals surface area contributed by atoms with E-state index in [4.69, 9.17) is 14.2 Å². The van der Waals surface area contributed by atoms with Gasteiger partial charge in [-0.05, 0) is 40.2 Å². The van der Waals surface area contributed by atoms with Gasteiger partial charge in [-0.3, -0.25) is 0 Å². The van der Waals surface area contributed by atoms with Crippen molar-refractivity contribution in [3.63, 3.8) is 0 Å². The lowest BCUT2D eigenvalue weighted by molar-refractivity contribution is 0.0549. The van der Waals surface area contributed by atoms with Crippen molar-refractivity contribution in [3.8, 4) is 16.9 Å². The number of aromatic nitrogens is 2. The molecule has 0 saturated heterocycles. The Bertz CT molecular complexity index is 1120. The molecule has 154 valence electrons. The quantitative estimate of drug-likeness (QED) is 0.412. The Hall–Kier alpha value is -3.46. The zero-order valence-electron chi connectivity index (χ0n) is 16.3. The number of rotatable bonds is 5. The minimum atomic E-state index is -0.749. The molecule has 0 aliphatic heterocycles. The van der Waals surface area contributed by atoms with Crippen LogP contribution in [-0.2, 0) is 14.2 Å². The van der Waals surface area contributed by atoms with Crippen LogP contribution < -0.4 is 0 Å². The molecule has 1 aromatic heterocycles. The van der Waals surface area contributed by atoms with Gasteiger partial charge in [-0.25, -0.2) is 19.1 Å². The summed E-state index contributed by atoms with van der Waals surface area (Å²) in [4.78, 5) is 37.1. The van der Waals surface area contributed by atoms with Crippen LogP contribution in [0.4, 0.5) is 0 Å². The maximum Gasteiger partial charge on any atom is 0.357 e. The summed E-state index contributed by atoms with van der Waals surface area (Å²) in [5, 5.41) is 4.50. The van der Waals surface area contributed by atoms with Gasteiger partial charge in [0.25, 0.3) is 0 Å². The highest BCUT2D eigenvalue weighted by molar-refractivity contribution is 9.10. The maximum atomic E-state index is 12.6. The van der Waals surface area contributed by atoms with Gasteiger partial charge >= 0.3 is 17.9 Å². The Morgan fingerprint density at radius 2 is 1.50 bits per heavy atom. The summed E-state index contributed by atoms with van der Waals surface area (Å²) in [5.41, 5.74) is 1.42. The molecule has 0 aliphatic rings. The van der Waals surface area contributed by atoms with E-state index in [0.717, 1.165) is 0 Å². The van der Waals surface area contributed by atoms with Crippen LogP contribution in [0.3, 0.4) is 0 Å². The minimum Gasteiger partial charge on any atom is -0.465 e. The fourth-order valence-electron chi connectivity index (χ4n) is 2.89. The van der Waals surface area contributed by atoms with Crippen molar-refractivity contribution >= 4 is 33.8 Å². The van der Waals surface area contributed by atoms with E-state index in [1.807, 2.05) is 6.07 Å². The molecule has 0 fully saturated rings. The molecule has 0 aliphatic carbocycles. The molecule has 9 heteroatoms. The standard InChI is InChI=1S/C21H17BrN2O6/c1-28-19(25)14-10-9-12(11-15(14)22)17-16(20(26)29-2)18(21(27)30-3)24(23-17)13-7-5-4-6-8-13/h4-11H,1-3H3. The van der Waals surface area contributed by atoms with E-state index in [0.29, 0.717) is 21.3 Å². The monoisotopic (exact) mass is 472 g/mol. The van der Waals surface area contributed by atoms with Crippen LogP contribution in [0.15, 0.2) is 53.0 Å². The average Bonchev–Trinajstić information content (AvgIpc) is 3.18. The predicted molar refractivity (Wildman–Crippen MR) is 111 cm³/mol. The lowest BCUT2D eigenvalue weighted by atomic mass is 10.0. The molecule has 0 spiro atoms. The smallest absolute Gasteiger partial charge is 0.357 e. The van der Waals surface area contributed by atoms with Crippen LogP contribution >= 0.6 is 15.9 Å². The number of carbonyl (C=O) groups excluding carboxylic acids is 3. The van der Waals surface area contributed by atoms with Crippen molar-refractivity contribution in [1.29, 1.82) is 0 Å². The van der Waals surface area contributed by atoms with E-state index in [1.165, 1.54) is 32.1 Å². The van der Waals surface area contributed by atoms with Gasteiger partial charge in [-0.2, -0.15) is 5.10 Å². The van der Waals surface area contributed by atoms with Crippen molar-refractivity contribution in [2.45, 2.75) is 0 Å². The topological polar surface area (TPSA) is 96.7 Å². The highest BCUT2D eigenvalue weighted by atomic mass is 79.9. The third-order valence-corrected chi connectivity index (χ3v) is 4.96. The van der Waals surface area contributed by atoms with E-state index >= 15 is 0 Å². The third kappa shape index (κ3) is 3.84. The molecule has 3 rings (SSSR count). The average molecular weight is 473 g/mol. The molecule has 1 heterocycles. The van der Waals surface area contributed by atoms with Crippen molar-refractivity contribution in [1.82, 2.24) is 9.78 Å². The van der Waals surface area contributed by atoms with Gasteiger partial charge in [0.15, 0.2) is 5.69 Å². The van der Waals surface area contributed by atoms with Gasteiger partial charge in [0.1, 0.15) is 11.3 Å². The van der Waals surface area contributed by atoms with Crippen LogP contribution in [0.2, 0.25) is 0 Å². The first-order chi connectivity index (χ1) is 14.4. The van der Waals surface area contributed by atoms with Crippen LogP contribution in [0.5, 0.6) is 0 Å². The Labute approximate surface area is 180 Å². The number of esters is 3. The summed E-state index contributed by atoms with van der Waals surface area (Å²) in [5.74, 6) is -2.02. The van der Waals surface area contributed by atoms with Gasteiger partial charge in [-0.1, -0.05) is 24.3 Å². The van der Waals surface area contributed by atoms with Crippen LogP contribution in [0.25, 0.3) is 16.9 Å². The second-order valence-electron chi connectivity index (χ2n) is 5.99. The van der Waals surface area contributed by atoms with Crippen molar-refractivity contribution in [2.75, 3.05) is 21.3 Å². The molecule has 0 N–H and O–H groups in total. The van der Waals surface area contributed by atoms with E-state index in [2.05, 4.69) is 21.0 Å². The van der Waals surface area contributed by atoms with Crippen LogP contribution in [-0.4, -0.2) is 49.0 Å². The van der Waals surface area contributed by atoms with Gasteiger partial charge in [-0.15, -0.1) is 0 Å². The van der Waals surface area contributed by atoms with Crippen molar-refractivity contribution < 1.29 is 28.6 Å². The highest BCUT2D eigenvalue weighted by Gasteiger charge is 2.31. The molecule has 2 aromatic carbocycles. The summed E-state index contributed by atoms with van der Waals surface area (Å²) in [6.07, 6.45) is 0. The molecule has 3 aromatic rings. The first kappa shape index (κ1) is 21.3. The lowest BCUT2D eigenvalue weighted by Crippen LogP contribution is -2.15. The van der Waals surface area contributed by atoms with Crippen molar-refractivity contribution in [2.24, 2.45) is 0 Å². The zero-order valence-corrected chi connectivity index (χ0v) is 17.9. The largest absolute Gasteiger partial charge is 0.465 e. The maximum absolute atomic E-state index is 12.6. The van der Waals surface area contributed by atoms with Crippen LogP contribution in [0, 0.1) is 0 Å². The number of benzene rings is 2. The van der Waals surface area contributed by atoms with E-state index in [-0.39, 0.29) is 17.0 Å². The number of hydrogen-bond acceptors (Lipinski definition) is 7. The number of nitrogens with zero attached hydrogens (tertiary/aromatic N) is 2. The molecule has 0 amide bonds. The Morgan fingerprint density at radius 3 is 2.07 bits per heavy atom. The number of carbonyl (C=O) groups is 3. The SMILES string of the molecule is COC(=O)c1ccc(-c2nn(-c3ccccc3)c(C(=O)OC)c2C(=O)OC)cc1Br. The van der Waals surface area contributed by atoms with E-state index in [1.54, 1.807) is 36.4 Å². The zero-order chi connectivity index (χ0) is 21.8. The second-order valence-corrected chi connectivity index (χ2v) is 6.84. The number of halogens is 1. The van der Waals surface area contributed by atoms with Gasteiger partial charge in [0, 0.05) is 10.0 Å². The fraction of sp³-hybridized carbons (Fsp3) is 0.143. The molecule has 0 bridgehead atoms. The minimum absolute atomic E-state index is 0.0501. The Morgan fingerprint density at radius 1 is 0.867 bits per heavy atom. The summed E-state index contributed by atoms with van der Waals surface area (Å²) in [6, 6.07) is 13.6. The van der Waals surface area contributed by atoms with Crippen LogP contribution in [0.1, 0.15) is 31.2 Å². The molecular formula is C21H17BrN2O6. The molecule has 0 atom stereocenters. The summed E-state index contributed by atoms with van der Waals surface area (Å²) in [7, 11) is 3.71. The van der Waals surface area contributed by atoms with Gasteiger partial charge < -0.3 is 14.2 Å². The molecular weight excluding hydrogens is 456 g/mol. The van der Waals surface area contributed by atoms with Crippen molar-refractivity contribution in [3.05, 3.63) is 69.8 Å². The fourth-order valence-corrected chi connectivity index (χ4v) is 3.44. The molecule has 8 nitrogen and oxygen atoms in total. The lowest BCUT2D eigenvalue weighted by Gasteiger charge is -2.07. The number of hydrogen-bond donors (Lipinski definition) is 0. The summed E-state index contributed by atoms with van der Waals surface area (Å²) >= 11 is 3.33. The molecule has 0 unspecified atom stereocenters. The number of methoxy groups -OCH3 is 3. The van der Waals surface area contributed by atoms with E-state index < -0.39 is 17.9 Å². The number of para-hydroxylation sites is 1. The molecule has 0 saturated carbocycles. The molecule has 0 radical (unpaired) electrons. The summed E-state index contributed by atoms with van der Waals surface area (Å²) in [6.45, 7) is 0. The molecule has 30 heavy (non-hydrogen) atoms. The third-order valence-electron chi connectivity index (χ3n) is 4.30. The normalized spacial score (nSPS) is 10.4. The highest BCUT2D eigenvalue weighted by Crippen LogP contribution is 2.32.